The Balaban J connectivity index is 1.55. The Morgan fingerprint density at radius 3 is 2.45 bits per heavy atom. The molecule has 0 aromatic heterocycles. The zero-order chi connectivity index (χ0) is 35.7. The second-order valence-electron chi connectivity index (χ2n) is 12.6. The molecule has 4 amide bonds. The molecular weight excluding hydrogens is 649 g/mol. The van der Waals surface area contributed by atoms with Crippen LogP contribution in [0.3, 0.4) is 0 Å². The maximum Gasteiger partial charge on any atom is 0.389 e. The molecule has 12 nitrogen and oxygen atoms in total. The van der Waals surface area contributed by atoms with Gasteiger partial charge in [0.05, 0.1) is 36.8 Å². The third kappa shape index (κ3) is 10.9. The smallest absolute Gasteiger partial charge is 0.389 e. The van der Waals surface area contributed by atoms with E-state index in [0.717, 1.165) is 12.8 Å². The van der Waals surface area contributed by atoms with E-state index in [1.165, 1.54) is 28.0 Å². The number of urea groups is 1. The second-order valence-corrected chi connectivity index (χ2v) is 12.6. The molecule has 0 radical (unpaired) electrons. The SMILES string of the molecule is C[C@H](CO)N1C[C@H](C)[C@@H](CN(C)C(=O)Nc2ccc3c(c2)OCO3)OCCCC[C@H](C)Oc2ccc(NC(=O)CCC(F)(F)F)cc2C1=O. The summed E-state index contributed by atoms with van der Waals surface area (Å²) in [5.74, 6) is -0.306. The van der Waals surface area contributed by atoms with Gasteiger partial charge >= 0.3 is 12.2 Å². The number of aliphatic hydroxyl groups excluding tert-OH is 1. The molecule has 0 fully saturated rings. The van der Waals surface area contributed by atoms with Crippen LogP contribution in [-0.4, -0.2) is 97.3 Å². The first kappa shape index (κ1) is 37.6. The monoisotopic (exact) mass is 694 g/mol. The molecule has 4 rings (SSSR count). The Kier molecular flexibility index (Phi) is 13.0. The number of hydrogen-bond acceptors (Lipinski definition) is 8. The summed E-state index contributed by atoms with van der Waals surface area (Å²) in [4.78, 5) is 42.7. The highest BCUT2D eigenvalue weighted by Crippen LogP contribution is 2.34. The van der Waals surface area contributed by atoms with Gasteiger partial charge < -0.3 is 44.5 Å². The molecule has 2 aromatic carbocycles. The minimum atomic E-state index is -4.49. The summed E-state index contributed by atoms with van der Waals surface area (Å²) in [6, 6.07) is 8.44. The lowest BCUT2D eigenvalue weighted by atomic mass is 10.0. The number of carbonyl (C=O) groups excluding carboxylic acids is 3. The summed E-state index contributed by atoms with van der Waals surface area (Å²) < 4.78 is 61.2. The van der Waals surface area contributed by atoms with Crippen molar-refractivity contribution in [2.45, 2.75) is 77.3 Å². The number of rotatable bonds is 8. The first-order chi connectivity index (χ1) is 23.2. The van der Waals surface area contributed by atoms with Crippen molar-refractivity contribution in [1.29, 1.82) is 0 Å². The van der Waals surface area contributed by atoms with Crippen LogP contribution < -0.4 is 24.8 Å². The van der Waals surface area contributed by atoms with Gasteiger partial charge in [0.1, 0.15) is 5.75 Å². The fraction of sp³-hybridized carbons (Fsp3) is 0.559. The Bertz CT molecular complexity index is 1460. The molecule has 0 saturated heterocycles. The number of amides is 4. The summed E-state index contributed by atoms with van der Waals surface area (Å²) >= 11 is 0. The van der Waals surface area contributed by atoms with E-state index in [1.54, 1.807) is 32.2 Å². The number of likely N-dealkylation sites (N-methyl/N-ethyl adjacent to an activating group) is 1. The van der Waals surface area contributed by atoms with Gasteiger partial charge in [-0.1, -0.05) is 6.92 Å². The first-order valence-corrected chi connectivity index (χ1v) is 16.4. The lowest BCUT2D eigenvalue weighted by molar-refractivity contribution is -0.142. The summed E-state index contributed by atoms with van der Waals surface area (Å²) in [6.07, 6.45) is -5.21. The molecule has 0 unspecified atom stereocenters. The average Bonchev–Trinajstić information content (AvgIpc) is 3.52. The van der Waals surface area contributed by atoms with Crippen molar-refractivity contribution >= 4 is 29.2 Å². The fourth-order valence-electron chi connectivity index (χ4n) is 5.49. The van der Waals surface area contributed by atoms with E-state index >= 15 is 0 Å². The summed E-state index contributed by atoms with van der Waals surface area (Å²) in [5.41, 5.74) is 0.751. The van der Waals surface area contributed by atoms with Crippen LogP contribution >= 0.6 is 0 Å². The van der Waals surface area contributed by atoms with Crippen molar-refractivity contribution in [2.24, 2.45) is 5.92 Å². The molecular formula is C34H45F3N4O8. The number of anilines is 2. The van der Waals surface area contributed by atoms with Crippen LogP contribution in [0, 0.1) is 5.92 Å². The summed E-state index contributed by atoms with van der Waals surface area (Å²) in [5, 5.41) is 15.4. The van der Waals surface area contributed by atoms with Gasteiger partial charge in [0, 0.05) is 56.5 Å². The van der Waals surface area contributed by atoms with Gasteiger partial charge in [-0.15, -0.1) is 0 Å². The predicted octanol–water partition coefficient (Wildman–Crippen LogP) is 5.66. The molecule has 0 aliphatic carbocycles. The van der Waals surface area contributed by atoms with Gasteiger partial charge in [-0.3, -0.25) is 9.59 Å². The molecule has 3 N–H and O–H groups in total. The van der Waals surface area contributed by atoms with Crippen LogP contribution in [0.2, 0.25) is 0 Å². The first-order valence-electron chi connectivity index (χ1n) is 16.4. The van der Waals surface area contributed by atoms with E-state index in [1.807, 2.05) is 13.8 Å². The van der Waals surface area contributed by atoms with Crippen molar-refractivity contribution in [2.75, 3.05) is 50.8 Å². The fourth-order valence-corrected chi connectivity index (χ4v) is 5.49. The lowest BCUT2D eigenvalue weighted by Gasteiger charge is -2.35. The topological polar surface area (TPSA) is 139 Å². The van der Waals surface area contributed by atoms with Crippen LogP contribution in [0.4, 0.5) is 29.3 Å². The number of halogens is 3. The number of fused-ring (bicyclic) bond motifs is 2. The molecule has 0 saturated carbocycles. The van der Waals surface area contributed by atoms with E-state index in [0.29, 0.717) is 30.2 Å². The average molecular weight is 695 g/mol. The van der Waals surface area contributed by atoms with Crippen LogP contribution in [-0.2, 0) is 9.53 Å². The number of aliphatic hydroxyl groups is 1. The minimum Gasteiger partial charge on any atom is -0.490 e. The quantitative estimate of drug-likeness (QED) is 0.322. The molecule has 15 heteroatoms. The molecule has 270 valence electrons. The number of nitrogens with one attached hydrogen (secondary N) is 2. The van der Waals surface area contributed by atoms with E-state index in [4.69, 9.17) is 18.9 Å². The van der Waals surface area contributed by atoms with Gasteiger partial charge in [0.25, 0.3) is 5.91 Å². The number of carbonyl (C=O) groups is 3. The van der Waals surface area contributed by atoms with E-state index in [-0.39, 0.29) is 61.5 Å². The minimum absolute atomic E-state index is 0.0859. The van der Waals surface area contributed by atoms with Crippen LogP contribution in [0.25, 0.3) is 0 Å². The normalized spacial score (nSPS) is 20.8. The van der Waals surface area contributed by atoms with Gasteiger partial charge in [-0.2, -0.15) is 13.2 Å². The maximum absolute atomic E-state index is 14.2. The maximum atomic E-state index is 14.2. The van der Waals surface area contributed by atoms with Crippen molar-refractivity contribution in [1.82, 2.24) is 9.80 Å². The van der Waals surface area contributed by atoms with E-state index in [9.17, 15) is 32.7 Å². The number of alkyl halides is 3. The van der Waals surface area contributed by atoms with Gasteiger partial charge in [-0.25, -0.2) is 4.79 Å². The third-order valence-electron chi connectivity index (χ3n) is 8.40. The number of benzene rings is 2. The highest BCUT2D eigenvalue weighted by atomic mass is 19.4. The molecule has 2 heterocycles. The van der Waals surface area contributed by atoms with Gasteiger partial charge in [0.15, 0.2) is 11.5 Å². The molecule has 2 aliphatic rings. The molecule has 2 aromatic rings. The Hall–Kier alpha value is -4.24. The molecule has 0 bridgehead atoms. The van der Waals surface area contributed by atoms with Gasteiger partial charge in [-0.05, 0) is 63.4 Å². The van der Waals surface area contributed by atoms with Crippen LogP contribution in [0.1, 0.15) is 63.2 Å². The van der Waals surface area contributed by atoms with Crippen molar-refractivity contribution in [3.05, 3.63) is 42.0 Å². The largest absolute Gasteiger partial charge is 0.490 e. The van der Waals surface area contributed by atoms with Gasteiger partial charge in [0.2, 0.25) is 12.7 Å². The summed E-state index contributed by atoms with van der Waals surface area (Å²) in [6.45, 7) is 5.91. The highest BCUT2D eigenvalue weighted by molar-refractivity contribution is 5.99. The zero-order valence-electron chi connectivity index (χ0n) is 28.2. The molecule has 4 atom stereocenters. The van der Waals surface area contributed by atoms with Crippen molar-refractivity contribution in [3.63, 3.8) is 0 Å². The highest BCUT2D eigenvalue weighted by Gasteiger charge is 2.32. The molecule has 2 aliphatic heterocycles. The summed E-state index contributed by atoms with van der Waals surface area (Å²) in [7, 11) is 1.64. The van der Waals surface area contributed by atoms with Crippen LogP contribution in [0.15, 0.2) is 36.4 Å². The third-order valence-corrected chi connectivity index (χ3v) is 8.40. The van der Waals surface area contributed by atoms with E-state index in [2.05, 4.69) is 10.6 Å². The standard InChI is InChI=1S/C34H45F3N4O8/c1-21-17-41(22(2)19-42)32(44)26-15-24(38-31(43)12-13-34(35,36)37)8-10-27(26)49-23(3)7-5-6-14-46-30(21)18-40(4)33(45)39-25-9-11-28-29(16-25)48-20-47-28/h8-11,15-16,21-23,30,42H,5-7,12-14,17-20H2,1-4H3,(H,38,43)(H,39,45)/t21-,22+,23-,30+/m0/s1. The molecule has 0 spiro atoms. The number of ether oxygens (including phenoxy) is 4. The Labute approximate surface area is 283 Å². The van der Waals surface area contributed by atoms with Crippen LogP contribution in [0.5, 0.6) is 17.2 Å². The van der Waals surface area contributed by atoms with Crippen molar-refractivity contribution < 1.29 is 51.6 Å². The lowest BCUT2D eigenvalue weighted by Crippen LogP contribution is -2.48. The second kappa shape index (κ2) is 16.9. The van der Waals surface area contributed by atoms with E-state index < -0.39 is 43.0 Å². The van der Waals surface area contributed by atoms with Crippen molar-refractivity contribution in [3.8, 4) is 17.2 Å². The number of nitrogens with zero attached hydrogens (tertiary/aromatic N) is 2. The molecule has 49 heavy (non-hydrogen) atoms. The zero-order valence-corrected chi connectivity index (χ0v) is 28.2. The Morgan fingerprint density at radius 1 is 1.04 bits per heavy atom. The number of hydrogen-bond donors (Lipinski definition) is 3. The predicted molar refractivity (Wildman–Crippen MR) is 175 cm³/mol. The Morgan fingerprint density at radius 2 is 1.73 bits per heavy atom.